The van der Waals surface area contributed by atoms with Crippen molar-refractivity contribution in [3.8, 4) is 0 Å². The quantitative estimate of drug-likeness (QED) is 0.834. The van der Waals surface area contributed by atoms with Gasteiger partial charge in [-0.15, -0.1) is 0 Å². The van der Waals surface area contributed by atoms with E-state index in [9.17, 15) is 14.7 Å². The molecule has 2 atom stereocenters. The molecule has 1 aromatic carbocycles. The largest absolute Gasteiger partial charge is 0.389 e. The summed E-state index contributed by atoms with van der Waals surface area (Å²) < 4.78 is 5.36. The first-order chi connectivity index (χ1) is 10.9. The molecule has 1 spiro atoms. The molecule has 3 rings (SSSR count). The van der Waals surface area contributed by atoms with Crippen LogP contribution in [0.5, 0.6) is 0 Å². The minimum atomic E-state index is -0.850. The number of carbonyl (C=O) groups is 2. The highest BCUT2D eigenvalue weighted by Crippen LogP contribution is 2.46. The average Bonchev–Trinajstić information content (AvgIpc) is 3.00. The van der Waals surface area contributed by atoms with Crippen LogP contribution in [0.15, 0.2) is 24.3 Å². The van der Waals surface area contributed by atoms with Gasteiger partial charge in [0, 0.05) is 6.42 Å². The summed E-state index contributed by atoms with van der Waals surface area (Å²) in [6, 6.07) is 7.85. The fourth-order valence-electron chi connectivity index (χ4n) is 3.65. The molecular formula is C18H23NO4. The number of hydrogen-bond donors (Lipinski definition) is 1. The summed E-state index contributed by atoms with van der Waals surface area (Å²) in [6.07, 6.45) is 0.856. The zero-order valence-corrected chi connectivity index (χ0v) is 13.6. The number of aliphatic hydroxyl groups excluding tert-OH is 1. The number of amides is 2. The van der Waals surface area contributed by atoms with Crippen molar-refractivity contribution in [1.29, 1.82) is 0 Å². The van der Waals surface area contributed by atoms with Crippen LogP contribution in [0.3, 0.4) is 0 Å². The van der Waals surface area contributed by atoms with Crippen molar-refractivity contribution in [3.05, 3.63) is 35.4 Å². The van der Waals surface area contributed by atoms with Gasteiger partial charge in [-0.1, -0.05) is 24.3 Å². The lowest BCUT2D eigenvalue weighted by Gasteiger charge is -2.24. The van der Waals surface area contributed by atoms with Gasteiger partial charge >= 0.3 is 0 Å². The molecule has 0 saturated carbocycles. The molecular weight excluding hydrogens is 294 g/mol. The maximum absolute atomic E-state index is 12.9. The number of ether oxygens (including phenoxy) is 1. The van der Waals surface area contributed by atoms with Crippen LogP contribution in [0.25, 0.3) is 0 Å². The van der Waals surface area contributed by atoms with Gasteiger partial charge in [-0.25, -0.2) is 0 Å². The minimum absolute atomic E-state index is 0.00248. The summed E-state index contributed by atoms with van der Waals surface area (Å²) in [5.74, 6) is -0.369. The van der Waals surface area contributed by atoms with Gasteiger partial charge in [0.05, 0.1) is 30.8 Å². The first kappa shape index (κ1) is 16.1. The second-order valence-electron chi connectivity index (χ2n) is 6.76. The first-order valence-corrected chi connectivity index (χ1v) is 8.17. The Bertz CT molecular complexity index is 627. The van der Waals surface area contributed by atoms with Crippen LogP contribution in [0.2, 0.25) is 0 Å². The second kappa shape index (κ2) is 6.06. The Morgan fingerprint density at radius 3 is 2.78 bits per heavy atom. The van der Waals surface area contributed by atoms with Crippen molar-refractivity contribution in [2.75, 3.05) is 13.2 Å². The van der Waals surface area contributed by atoms with Gasteiger partial charge in [-0.2, -0.15) is 0 Å². The molecule has 1 N–H and O–H groups in total. The highest BCUT2D eigenvalue weighted by Gasteiger charge is 2.55. The molecule has 5 nitrogen and oxygen atoms in total. The van der Waals surface area contributed by atoms with Crippen molar-refractivity contribution in [2.45, 2.75) is 50.7 Å². The fourth-order valence-corrected chi connectivity index (χ4v) is 3.65. The molecule has 1 fully saturated rings. The van der Waals surface area contributed by atoms with E-state index in [2.05, 4.69) is 0 Å². The van der Waals surface area contributed by atoms with Crippen LogP contribution in [0.4, 0.5) is 0 Å². The molecule has 5 heteroatoms. The van der Waals surface area contributed by atoms with Crippen LogP contribution in [-0.4, -0.2) is 47.2 Å². The highest BCUT2D eigenvalue weighted by atomic mass is 16.5. The summed E-state index contributed by atoms with van der Waals surface area (Å²) in [6.45, 7) is 3.89. The highest BCUT2D eigenvalue weighted by molar-refractivity contribution is 6.09. The molecule has 2 aliphatic rings. The van der Waals surface area contributed by atoms with Gasteiger partial charge < -0.3 is 9.84 Å². The third-order valence-corrected chi connectivity index (χ3v) is 4.78. The fraction of sp³-hybridized carbons (Fsp3) is 0.556. The third-order valence-electron chi connectivity index (χ3n) is 4.78. The zero-order valence-electron chi connectivity index (χ0n) is 13.6. The number of β-amino-alcohol motifs (C(OH)–C–C–N with tert-alkyl or cyclic N) is 1. The van der Waals surface area contributed by atoms with Crippen molar-refractivity contribution < 1.29 is 19.4 Å². The van der Waals surface area contributed by atoms with E-state index in [1.165, 1.54) is 4.90 Å². The standard InChI is InChI=1S/C18H23NO4/c1-12(2)23-11-14(20)10-19-16(21)9-18(17(19)22)8-7-13-5-3-4-6-15(13)18/h3-6,12,14,20H,7-11H2,1-2H3/t14-,18-/m0/s1. The van der Waals surface area contributed by atoms with Crippen LogP contribution in [0.1, 0.15) is 37.8 Å². The second-order valence-corrected chi connectivity index (χ2v) is 6.76. The Balaban J connectivity index is 1.76. The number of nitrogens with zero attached hydrogens (tertiary/aromatic N) is 1. The monoisotopic (exact) mass is 317 g/mol. The lowest BCUT2D eigenvalue weighted by molar-refractivity contribution is -0.142. The third kappa shape index (κ3) is 2.79. The van der Waals surface area contributed by atoms with Crippen molar-refractivity contribution in [2.24, 2.45) is 0 Å². The van der Waals surface area contributed by atoms with Crippen molar-refractivity contribution in [1.82, 2.24) is 4.90 Å². The molecule has 0 bridgehead atoms. The van der Waals surface area contributed by atoms with Crippen molar-refractivity contribution in [3.63, 3.8) is 0 Å². The summed E-state index contributed by atoms with van der Waals surface area (Å²) >= 11 is 0. The Kier molecular flexibility index (Phi) is 4.25. The number of likely N-dealkylation sites (tertiary alicyclic amines) is 1. The van der Waals surface area contributed by atoms with E-state index < -0.39 is 11.5 Å². The van der Waals surface area contributed by atoms with Crippen LogP contribution in [0, 0.1) is 0 Å². The van der Waals surface area contributed by atoms with E-state index in [1.807, 2.05) is 38.1 Å². The van der Waals surface area contributed by atoms with Gasteiger partial charge in [-0.3, -0.25) is 14.5 Å². The molecule has 1 heterocycles. The smallest absolute Gasteiger partial charge is 0.240 e. The van der Waals surface area contributed by atoms with Gasteiger partial charge in [-0.05, 0) is 37.8 Å². The van der Waals surface area contributed by atoms with Gasteiger partial charge in [0.25, 0.3) is 0 Å². The number of carbonyl (C=O) groups excluding carboxylic acids is 2. The Hall–Kier alpha value is -1.72. The number of fused-ring (bicyclic) bond motifs is 2. The predicted molar refractivity (Wildman–Crippen MR) is 84.9 cm³/mol. The maximum atomic E-state index is 12.9. The molecule has 1 saturated heterocycles. The van der Waals surface area contributed by atoms with E-state index in [0.29, 0.717) is 6.42 Å². The number of aryl methyl sites for hydroxylation is 1. The molecule has 1 aliphatic carbocycles. The van der Waals surface area contributed by atoms with Gasteiger partial charge in [0.2, 0.25) is 11.8 Å². The van der Waals surface area contributed by atoms with E-state index in [0.717, 1.165) is 17.5 Å². The molecule has 23 heavy (non-hydrogen) atoms. The number of benzene rings is 1. The lowest BCUT2D eigenvalue weighted by Crippen LogP contribution is -2.42. The maximum Gasteiger partial charge on any atom is 0.240 e. The molecule has 0 aromatic heterocycles. The van der Waals surface area contributed by atoms with E-state index in [-0.39, 0.29) is 37.5 Å². The minimum Gasteiger partial charge on any atom is -0.389 e. The summed E-state index contributed by atoms with van der Waals surface area (Å²) in [5.41, 5.74) is 1.42. The number of imide groups is 1. The predicted octanol–water partition coefficient (Wildman–Crippen LogP) is 1.42. The molecule has 0 radical (unpaired) electrons. The van der Waals surface area contributed by atoms with E-state index >= 15 is 0 Å². The number of rotatable bonds is 5. The first-order valence-electron chi connectivity index (χ1n) is 8.17. The Morgan fingerprint density at radius 2 is 2.04 bits per heavy atom. The number of aliphatic hydroxyl groups is 1. The van der Waals surface area contributed by atoms with Crippen molar-refractivity contribution >= 4 is 11.8 Å². The topological polar surface area (TPSA) is 66.8 Å². The Morgan fingerprint density at radius 1 is 1.30 bits per heavy atom. The lowest BCUT2D eigenvalue weighted by atomic mass is 9.80. The summed E-state index contributed by atoms with van der Waals surface area (Å²) in [4.78, 5) is 26.5. The zero-order chi connectivity index (χ0) is 16.6. The van der Waals surface area contributed by atoms with E-state index in [4.69, 9.17) is 4.74 Å². The molecule has 0 unspecified atom stereocenters. The molecule has 1 aliphatic heterocycles. The van der Waals surface area contributed by atoms with Gasteiger partial charge in [0.1, 0.15) is 0 Å². The van der Waals surface area contributed by atoms with Crippen LogP contribution >= 0.6 is 0 Å². The summed E-state index contributed by atoms with van der Waals surface area (Å²) in [7, 11) is 0. The molecule has 124 valence electrons. The van der Waals surface area contributed by atoms with E-state index in [1.54, 1.807) is 0 Å². The van der Waals surface area contributed by atoms with Crippen LogP contribution < -0.4 is 0 Å². The Labute approximate surface area is 136 Å². The average molecular weight is 317 g/mol. The molecule has 2 amide bonds. The normalized spacial score (nSPS) is 24.8. The molecule has 1 aromatic rings. The number of hydrogen-bond acceptors (Lipinski definition) is 4. The summed E-state index contributed by atoms with van der Waals surface area (Å²) in [5, 5.41) is 10.0. The SMILES string of the molecule is CC(C)OC[C@@H](O)CN1C(=O)C[C@]2(CCc3ccccc32)C1=O. The van der Waals surface area contributed by atoms with Crippen LogP contribution in [-0.2, 0) is 26.2 Å². The van der Waals surface area contributed by atoms with Gasteiger partial charge in [0.15, 0.2) is 0 Å².